The second-order valence-corrected chi connectivity index (χ2v) is 7.12. The topological polar surface area (TPSA) is 88.2 Å². The lowest BCUT2D eigenvalue weighted by atomic mass is 10.2. The van der Waals surface area contributed by atoms with Gasteiger partial charge in [-0.25, -0.2) is 13.4 Å². The third-order valence-corrected chi connectivity index (χ3v) is 5.00. The number of amides is 1. The van der Waals surface area contributed by atoms with Crippen molar-refractivity contribution in [2.24, 2.45) is 0 Å². The van der Waals surface area contributed by atoms with Gasteiger partial charge < -0.3 is 10.6 Å². The molecule has 0 aliphatic carbocycles. The zero-order chi connectivity index (χ0) is 14.6. The summed E-state index contributed by atoms with van der Waals surface area (Å²) in [5.74, 6) is -0.0846. The van der Waals surface area contributed by atoms with Crippen LogP contribution in [0.15, 0.2) is 18.3 Å². The van der Waals surface area contributed by atoms with Gasteiger partial charge in [-0.05, 0) is 31.9 Å². The molecule has 0 spiro atoms. The normalized spacial score (nSPS) is 21.1. The van der Waals surface area contributed by atoms with Crippen molar-refractivity contribution < 1.29 is 13.2 Å². The van der Waals surface area contributed by atoms with Gasteiger partial charge in [0.05, 0.1) is 23.4 Å². The van der Waals surface area contributed by atoms with Gasteiger partial charge in [-0.1, -0.05) is 0 Å². The Morgan fingerprint density at radius 1 is 1.45 bits per heavy atom. The van der Waals surface area contributed by atoms with Crippen LogP contribution in [0.25, 0.3) is 0 Å². The van der Waals surface area contributed by atoms with Crippen molar-refractivity contribution in [2.75, 3.05) is 23.4 Å². The zero-order valence-electron chi connectivity index (χ0n) is 11.4. The van der Waals surface area contributed by atoms with E-state index in [4.69, 9.17) is 0 Å². The number of pyridine rings is 1. The molecule has 7 heteroatoms. The van der Waals surface area contributed by atoms with Crippen LogP contribution < -0.4 is 10.6 Å². The van der Waals surface area contributed by atoms with Gasteiger partial charge in [-0.2, -0.15) is 0 Å². The Morgan fingerprint density at radius 3 is 2.85 bits per heavy atom. The monoisotopic (exact) mass is 297 g/mol. The van der Waals surface area contributed by atoms with Crippen LogP contribution >= 0.6 is 0 Å². The van der Waals surface area contributed by atoms with E-state index in [1.807, 2.05) is 6.92 Å². The average Bonchev–Trinajstić information content (AvgIpc) is 2.38. The molecule has 1 atom stereocenters. The summed E-state index contributed by atoms with van der Waals surface area (Å²) in [5.41, 5.74) is 1.15. The van der Waals surface area contributed by atoms with Crippen molar-refractivity contribution in [3.8, 4) is 0 Å². The Balaban J connectivity index is 1.97. The van der Waals surface area contributed by atoms with Crippen LogP contribution in [0.3, 0.4) is 0 Å². The summed E-state index contributed by atoms with van der Waals surface area (Å²) in [6.07, 6.45) is 2.89. The van der Waals surface area contributed by atoms with Crippen LogP contribution in [0.2, 0.25) is 0 Å². The number of hydrogen-bond acceptors (Lipinski definition) is 5. The van der Waals surface area contributed by atoms with Gasteiger partial charge in [0.1, 0.15) is 5.69 Å². The highest BCUT2D eigenvalue weighted by Crippen LogP contribution is 2.13. The largest absolute Gasteiger partial charge is 0.384 e. The number of aromatic nitrogens is 1. The van der Waals surface area contributed by atoms with Crippen molar-refractivity contribution in [3.05, 3.63) is 24.0 Å². The summed E-state index contributed by atoms with van der Waals surface area (Å²) >= 11 is 0. The zero-order valence-corrected chi connectivity index (χ0v) is 12.2. The first-order valence-electron chi connectivity index (χ1n) is 6.71. The molecule has 110 valence electrons. The minimum atomic E-state index is -3.02. The molecule has 0 aromatic carbocycles. The van der Waals surface area contributed by atoms with E-state index in [1.54, 1.807) is 18.3 Å². The highest BCUT2D eigenvalue weighted by atomic mass is 32.2. The second-order valence-electron chi connectivity index (χ2n) is 4.89. The predicted octanol–water partition coefficient (Wildman–Crippen LogP) is 0.820. The summed E-state index contributed by atoms with van der Waals surface area (Å²) in [5, 5.41) is 5.83. The van der Waals surface area contributed by atoms with Crippen LogP contribution in [0, 0.1) is 0 Å². The van der Waals surface area contributed by atoms with Gasteiger partial charge >= 0.3 is 0 Å². The number of nitrogens with one attached hydrogen (secondary N) is 2. The molecule has 1 aromatic rings. The van der Waals surface area contributed by atoms with Gasteiger partial charge in [0.2, 0.25) is 0 Å². The smallest absolute Gasteiger partial charge is 0.270 e. The highest BCUT2D eigenvalue weighted by molar-refractivity contribution is 7.91. The van der Waals surface area contributed by atoms with E-state index in [0.29, 0.717) is 18.5 Å². The fourth-order valence-corrected chi connectivity index (χ4v) is 3.87. The van der Waals surface area contributed by atoms with Crippen LogP contribution in [-0.4, -0.2) is 43.4 Å². The summed E-state index contributed by atoms with van der Waals surface area (Å²) in [7, 11) is -3.02. The number of nitrogens with zero attached hydrogens (tertiary/aromatic N) is 1. The molecule has 6 nitrogen and oxygen atoms in total. The molecule has 0 radical (unpaired) electrons. The van der Waals surface area contributed by atoms with Gasteiger partial charge in [0, 0.05) is 12.6 Å². The van der Waals surface area contributed by atoms with Crippen molar-refractivity contribution in [1.29, 1.82) is 0 Å². The molecule has 1 amide bonds. The third-order valence-electron chi connectivity index (χ3n) is 3.18. The molecule has 2 N–H and O–H groups in total. The molecule has 1 unspecified atom stereocenters. The van der Waals surface area contributed by atoms with Crippen molar-refractivity contribution in [2.45, 2.75) is 25.8 Å². The maximum absolute atomic E-state index is 12.0. The summed E-state index contributed by atoms with van der Waals surface area (Å²) in [4.78, 5) is 16.1. The molecule has 2 heterocycles. The van der Waals surface area contributed by atoms with Crippen molar-refractivity contribution in [3.63, 3.8) is 0 Å². The molecule has 1 aliphatic heterocycles. The lowest BCUT2D eigenvalue weighted by Gasteiger charge is -2.22. The van der Waals surface area contributed by atoms with Crippen LogP contribution in [0.4, 0.5) is 5.69 Å². The molecule has 1 aliphatic rings. The lowest BCUT2D eigenvalue weighted by molar-refractivity contribution is 0.0933. The number of rotatable bonds is 4. The Hall–Kier alpha value is -1.63. The number of sulfone groups is 1. The van der Waals surface area contributed by atoms with E-state index in [2.05, 4.69) is 15.6 Å². The van der Waals surface area contributed by atoms with Gasteiger partial charge in [0.25, 0.3) is 5.91 Å². The summed E-state index contributed by atoms with van der Waals surface area (Å²) in [6.45, 7) is 2.76. The first kappa shape index (κ1) is 14.8. The minimum Gasteiger partial charge on any atom is -0.384 e. The van der Waals surface area contributed by atoms with Crippen molar-refractivity contribution in [1.82, 2.24) is 10.3 Å². The molecule has 1 aromatic heterocycles. The molecule has 2 rings (SSSR count). The molecule has 0 saturated carbocycles. The van der Waals surface area contributed by atoms with Crippen molar-refractivity contribution >= 4 is 21.4 Å². The number of anilines is 1. The number of carbonyl (C=O) groups is 1. The Bertz CT molecular complexity index is 569. The van der Waals surface area contributed by atoms with E-state index in [9.17, 15) is 13.2 Å². The fourth-order valence-electron chi connectivity index (χ4n) is 2.23. The van der Waals surface area contributed by atoms with E-state index < -0.39 is 9.84 Å². The van der Waals surface area contributed by atoms with E-state index in [0.717, 1.165) is 12.2 Å². The van der Waals surface area contributed by atoms with E-state index >= 15 is 0 Å². The first-order chi connectivity index (χ1) is 9.50. The Kier molecular flexibility index (Phi) is 4.59. The van der Waals surface area contributed by atoms with Crippen LogP contribution in [-0.2, 0) is 9.84 Å². The van der Waals surface area contributed by atoms with Gasteiger partial charge in [0.15, 0.2) is 9.84 Å². The van der Waals surface area contributed by atoms with Crippen LogP contribution in [0.1, 0.15) is 30.3 Å². The second kappa shape index (κ2) is 6.21. The summed E-state index contributed by atoms with van der Waals surface area (Å²) in [6, 6.07) is 3.10. The van der Waals surface area contributed by atoms with Crippen LogP contribution in [0.5, 0.6) is 0 Å². The molecule has 1 saturated heterocycles. The first-order valence-corrected chi connectivity index (χ1v) is 8.53. The lowest BCUT2D eigenvalue weighted by Crippen LogP contribution is -2.43. The number of carbonyl (C=O) groups excluding carboxylic acids is 1. The van der Waals surface area contributed by atoms with Gasteiger partial charge in [-0.15, -0.1) is 0 Å². The van der Waals surface area contributed by atoms with Gasteiger partial charge in [-0.3, -0.25) is 4.79 Å². The summed E-state index contributed by atoms with van der Waals surface area (Å²) < 4.78 is 23.0. The standard InChI is InChI=1S/C13H19N3O3S/c1-2-14-10-5-6-12(15-8-10)13(17)16-11-4-3-7-20(18,19)9-11/h5-6,8,11,14H,2-4,7,9H2,1H3,(H,16,17). The number of hydrogen-bond donors (Lipinski definition) is 2. The minimum absolute atomic E-state index is 0.0220. The average molecular weight is 297 g/mol. The highest BCUT2D eigenvalue weighted by Gasteiger charge is 2.26. The molecule has 20 heavy (non-hydrogen) atoms. The maximum Gasteiger partial charge on any atom is 0.270 e. The fraction of sp³-hybridized carbons (Fsp3) is 0.538. The quantitative estimate of drug-likeness (QED) is 0.859. The van der Waals surface area contributed by atoms with E-state index in [1.165, 1.54) is 0 Å². The predicted molar refractivity (Wildman–Crippen MR) is 77.5 cm³/mol. The molecular weight excluding hydrogens is 278 g/mol. The molecule has 1 fully saturated rings. The molecular formula is C13H19N3O3S. The maximum atomic E-state index is 12.0. The third kappa shape index (κ3) is 3.93. The Labute approximate surface area is 118 Å². The SMILES string of the molecule is CCNc1ccc(C(=O)NC2CCCS(=O)(=O)C2)nc1. The Morgan fingerprint density at radius 2 is 2.25 bits per heavy atom. The van der Waals surface area contributed by atoms with E-state index in [-0.39, 0.29) is 23.5 Å². The molecule has 0 bridgehead atoms.